The maximum atomic E-state index is 10.1. The number of ether oxygens (including phenoxy) is 2. The van der Waals surface area contributed by atoms with Gasteiger partial charge in [-0.05, 0) is 115 Å². The summed E-state index contributed by atoms with van der Waals surface area (Å²) in [6.45, 7) is 6.19. The Hall–Kier alpha value is -2.80. The van der Waals surface area contributed by atoms with Crippen LogP contribution in [0.25, 0.3) is 21.9 Å². The number of nitrogens with one attached hydrogen (secondary N) is 1. The maximum Gasteiger partial charge on any atom is 0.143 e. The minimum Gasteiger partial charge on any atom is -0.508 e. The lowest BCUT2D eigenvalue weighted by Gasteiger charge is -2.23. The first-order valence-electron chi connectivity index (χ1n) is 13.9. The number of piperidine rings is 1. The number of rotatable bonds is 11. The van der Waals surface area contributed by atoms with E-state index in [4.69, 9.17) is 9.47 Å². The smallest absolute Gasteiger partial charge is 0.143 e. The average Bonchev–Trinajstić information content (AvgIpc) is 2.95. The molecule has 1 aliphatic rings. The van der Waals surface area contributed by atoms with Gasteiger partial charge in [0.1, 0.15) is 23.0 Å². The lowest BCUT2D eigenvalue weighted by Crippen LogP contribution is -2.35. The quantitative estimate of drug-likeness (QED) is 0.179. The van der Waals surface area contributed by atoms with Crippen LogP contribution in [0, 0.1) is 0 Å². The first-order valence-corrected chi connectivity index (χ1v) is 15.9. The monoisotopic (exact) mass is 559 g/mol. The molecule has 0 spiro atoms. The van der Waals surface area contributed by atoms with E-state index < -0.39 is 0 Å². The molecule has 4 aromatic carbocycles. The summed E-state index contributed by atoms with van der Waals surface area (Å²) in [6, 6.07) is 24.8. The summed E-state index contributed by atoms with van der Waals surface area (Å²) in [5.74, 6) is 4.67. The Morgan fingerprint density at radius 1 is 0.846 bits per heavy atom. The van der Waals surface area contributed by atoms with Crippen molar-refractivity contribution in [1.82, 2.24) is 5.32 Å². The van der Waals surface area contributed by atoms with Crippen LogP contribution in [-0.4, -0.2) is 35.8 Å². The first-order chi connectivity index (χ1) is 19.1. The molecule has 0 amide bonds. The lowest BCUT2D eigenvalue weighted by molar-refractivity contribution is 0.268. The topological polar surface area (TPSA) is 50.7 Å². The van der Waals surface area contributed by atoms with Gasteiger partial charge in [0.25, 0.3) is 0 Å². The van der Waals surface area contributed by atoms with Crippen LogP contribution in [0.3, 0.4) is 0 Å². The van der Waals surface area contributed by atoms with E-state index in [0.717, 1.165) is 63.6 Å². The van der Waals surface area contributed by atoms with Crippen molar-refractivity contribution < 1.29 is 14.6 Å². The van der Waals surface area contributed by atoms with E-state index in [1.165, 1.54) is 29.1 Å². The van der Waals surface area contributed by atoms with Gasteiger partial charge in [-0.25, -0.2) is 0 Å². The number of benzene rings is 4. The van der Waals surface area contributed by atoms with E-state index in [1.807, 2.05) is 53.9 Å². The molecule has 2 N–H and O–H groups in total. The molecule has 1 fully saturated rings. The fourth-order valence-corrected chi connectivity index (χ4v) is 6.65. The number of fused-ring (bicyclic) bond motifs is 1. The van der Waals surface area contributed by atoms with E-state index in [0.29, 0.717) is 12.6 Å². The summed E-state index contributed by atoms with van der Waals surface area (Å²) in [4.78, 5) is 2.51. The van der Waals surface area contributed by atoms with Gasteiger partial charge in [0.05, 0.1) is 6.61 Å². The molecule has 0 saturated carbocycles. The third kappa shape index (κ3) is 7.24. The highest BCUT2D eigenvalue weighted by Crippen LogP contribution is 2.42. The number of hydrogen-bond acceptors (Lipinski definition) is 6. The summed E-state index contributed by atoms with van der Waals surface area (Å²) < 4.78 is 12.6. The summed E-state index contributed by atoms with van der Waals surface area (Å²) in [5, 5.41) is 15.6. The van der Waals surface area contributed by atoms with Crippen LogP contribution in [0.4, 0.5) is 0 Å². The molecule has 4 aromatic rings. The molecule has 1 unspecified atom stereocenters. The van der Waals surface area contributed by atoms with Crippen LogP contribution in [0.2, 0.25) is 0 Å². The number of phenols is 1. The Labute approximate surface area is 240 Å². The van der Waals surface area contributed by atoms with Gasteiger partial charge in [-0.15, -0.1) is 23.5 Å². The van der Waals surface area contributed by atoms with Gasteiger partial charge in [0.15, 0.2) is 0 Å². The van der Waals surface area contributed by atoms with Crippen molar-refractivity contribution in [3.8, 4) is 34.1 Å². The fraction of sp³-hybridized carbons (Fsp3) is 0.333. The number of aromatic hydroxyl groups is 1. The first kappa shape index (κ1) is 27.8. The Balaban J connectivity index is 1.42. The number of thioether (sulfide) groups is 2. The fourth-order valence-electron chi connectivity index (χ4n) is 5.06. The molecule has 1 saturated heterocycles. The lowest BCUT2D eigenvalue weighted by atomic mass is 9.99. The molecular weight excluding hydrogens is 523 g/mol. The van der Waals surface area contributed by atoms with E-state index in [9.17, 15) is 5.11 Å². The normalized spacial score (nSPS) is 15.4. The minimum absolute atomic E-state index is 0.245. The highest BCUT2D eigenvalue weighted by atomic mass is 32.2. The van der Waals surface area contributed by atoms with Crippen LogP contribution in [-0.2, 0) is 0 Å². The third-order valence-corrected chi connectivity index (χ3v) is 8.67. The van der Waals surface area contributed by atoms with Gasteiger partial charge >= 0.3 is 0 Å². The van der Waals surface area contributed by atoms with E-state index >= 15 is 0 Å². The number of phenolic OH excluding ortho intramolecular Hbond substituents is 1. The van der Waals surface area contributed by atoms with E-state index in [2.05, 4.69) is 49.5 Å². The molecular formula is C33H37NO3S2. The van der Waals surface area contributed by atoms with Crippen LogP contribution < -0.4 is 14.8 Å². The molecule has 5 rings (SSSR count). The largest absolute Gasteiger partial charge is 0.508 e. The summed E-state index contributed by atoms with van der Waals surface area (Å²) in [6.07, 6.45) is 4.85. The van der Waals surface area contributed by atoms with Crippen LogP contribution in [0.1, 0.15) is 39.5 Å². The van der Waals surface area contributed by atoms with Crippen LogP contribution in [0.5, 0.6) is 23.0 Å². The summed E-state index contributed by atoms with van der Waals surface area (Å²) >= 11 is 3.70. The van der Waals surface area contributed by atoms with Crippen molar-refractivity contribution in [2.24, 2.45) is 0 Å². The molecule has 0 aromatic heterocycles. The molecule has 0 radical (unpaired) electrons. The predicted molar refractivity (Wildman–Crippen MR) is 166 cm³/mol. The van der Waals surface area contributed by atoms with Crippen molar-refractivity contribution in [1.29, 1.82) is 0 Å². The average molecular weight is 560 g/mol. The molecule has 39 heavy (non-hydrogen) atoms. The second kappa shape index (κ2) is 13.5. The molecule has 1 aliphatic heterocycles. The zero-order chi connectivity index (χ0) is 27.0. The van der Waals surface area contributed by atoms with Gasteiger partial charge in [-0.1, -0.05) is 26.3 Å². The van der Waals surface area contributed by atoms with Crippen molar-refractivity contribution in [2.45, 2.75) is 55.4 Å². The second-order valence-electron chi connectivity index (χ2n) is 9.76. The maximum absolute atomic E-state index is 10.1. The van der Waals surface area contributed by atoms with Gasteiger partial charge in [0, 0.05) is 26.8 Å². The molecule has 1 atom stereocenters. The molecule has 6 heteroatoms. The van der Waals surface area contributed by atoms with Gasteiger partial charge < -0.3 is 19.9 Å². The Kier molecular flexibility index (Phi) is 9.62. The highest BCUT2D eigenvalue weighted by molar-refractivity contribution is 8.00. The molecule has 4 nitrogen and oxygen atoms in total. The second-order valence-corrected chi connectivity index (χ2v) is 12.4. The highest BCUT2D eigenvalue weighted by Gasteiger charge is 2.16. The van der Waals surface area contributed by atoms with Gasteiger partial charge in [-0.3, -0.25) is 0 Å². The summed E-state index contributed by atoms with van der Waals surface area (Å²) in [7, 11) is 0. The predicted octanol–water partition coefficient (Wildman–Crippen LogP) is 9.14. The van der Waals surface area contributed by atoms with Crippen LogP contribution >= 0.6 is 23.5 Å². The molecule has 0 aliphatic carbocycles. The van der Waals surface area contributed by atoms with Crippen molar-refractivity contribution in [3.05, 3.63) is 72.8 Å². The third-order valence-electron chi connectivity index (χ3n) is 6.96. The SMILES string of the molecule is CCSc1cc(SCC)cc(-c2ccc3cc(O)ccc3c2Oc2ccc(OCCC3CCCCN3)cc2)c1. The molecule has 204 valence electrons. The Morgan fingerprint density at radius 2 is 1.59 bits per heavy atom. The van der Waals surface area contributed by atoms with E-state index in [1.54, 1.807) is 12.1 Å². The van der Waals surface area contributed by atoms with Crippen molar-refractivity contribution in [2.75, 3.05) is 24.7 Å². The van der Waals surface area contributed by atoms with Crippen LogP contribution in [0.15, 0.2) is 82.6 Å². The zero-order valence-corrected chi connectivity index (χ0v) is 24.4. The zero-order valence-electron chi connectivity index (χ0n) is 22.7. The van der Waals surface area contributed by atoms with Gasteiger partial charge in [0.2, 0.25) is 0 Å². The van der Waals surface area contributed by atoms with E-state index in [-0.39, 0.29) is 5.75 Å². The molecule has 0 bridgehead atoms. The summed E-state index contributed by atoms with van der Waals surface area (Å²) in [5.41, 5.74) is 2.16. The Morgan fingerprint density at radius 3 is 2.28 bits per heavy atom. The number of hydrogen-bond donors (Lipinski definition) is 2. The van der Waals surface area contributed by atoms with Crippen molar-refractivity contribution in [3.63, 3.8) is 0 Å². The van der Waals surface area contributed by atoms with Crippen molar-refractivity contribution >= 4 is 34.3 Å². The minimum atomic E-state index is 0.245. The Bertz CT molecular complexity index is 1360. The molecule has 1 heterocycles. The standard InChI is InChI=1S/C33H37NO3S2/c1-3-38-29-20-24(21-30(22-29)39-4-2)32-14-8-23-19-26(35)9-15-31(23)33(32)37-28-12-10-27(11-13-28)36-18-16-25-7-5-6-17-34-25/h8-15,19-22,25,34-35H,3-7,16-18H2,1-2H3. The van der Waals surface area contributed by atoms with Gasteiger partial charge in [-0.2, -0.15) is 0 Å².